The van der Waals surface area contributed by atoms with Crippen LogP contribution in [-0.4, -0.2) is 51.6 Å². The van der Waals surface area contributed by atoms with E-state index in [4.69, 9.17) is 32.0 Å². The van der Waals surface area contributed by atoms with Gasteiger partial charge in [-0.15, -0.1) is 0 Å². The third-order valence-electron chi connectivity index (χ3n) is 2.82. The van der Waals surface area contributed by atoms with Crippen molar-refractivity contribution >= 4 is 23.1 Å². The Labute approximate surface area is 123 Å². The van der Waals surface area contributed by atoms with Crippen LogP contribution in [0.5, 0.6) is 0 Å². The van der Waals surface area contributed by atoms with E-state index >= 15 is 0 Å². The quantitative estimate of drug-likeness (QED) is 0.329. The number of oxime groups is 1. The van der Waals surface area contributed by atoms with Gasteiger partial charge in [0.15, 0.2) is 5.84 Å². The highest BCUT2D eigenvalue weighted by Gasteiger charge is 2.12. The number of halogens is 1. The fourth-order valence-electron chi connectivity index (χ4n) is 1.74. The molecule has 1 aromatic carbocycles. The van der Waals surface area contributed by atoms with Crippen LogP contribution in [0.25, 0.3) is 0 Å². The minimum Gasteiger partial charge on any atom is -0.409 e. The summed E-state index contributed by atoms with van der Waals surface area (Å²) in [6.45, 7) is 2.56. The van der Waals surface area contributed by atoms with Crippen molar-refractivity contribution in [2.45, 2.75) is 0 Å². The topological polar surface area (TPSA) is 80.3 Å². The lowest BCUT2D eigenvalue weighted by Crippen LogP contribution is -2.31. The molecule has 0 aliphatic rings. The standard InChI is InChI=1S/C13H20ClN3O3/c1-19-7-5-17(6-8-20-2)12-4-3-10(9-11(12)14)13(15)16-18/h3-4,9,18H,5-8H2,1-2H3,(H2,15,16). The minimum atomic E-state index is 0.0267. The number of nitrogens with zero attached hydrogens (tertiary/aromatic N) is 2. The van der Waals surface area contributed by atoms with Gasteiger partial charge in [-0.05, 0) is 18.2 Å². The molecule has 0 saturated carbocycles. The van der Waals surface area contributed by atoms with Crippen molar-refractivity contribution < 1.29 is 14.7 Å². The van der Waals surface area contributed by atoms with Crippen LogP contribution in [0.2, 0.25) is 5.02 Å². The van der Waals surface area contributed by atoms with E-state index in [9.17, 15) is 0 Å². The number of anilines is 1. The summed E-state index contributed by atoms with van der Waals surface area (Å²) < 4.78 is 10.2. The van der Waals surface area contributed by atoms with Gasteiger partial charge in [0.05, 0.1) is 23.9 Å². The molecule has 0 saturated heterocycles. The highest BCUT2D eigenvalue weighted by atomic mass is 35.5. The normalized spacial score (nSPS) is 11.7. The number of nitrogens with two attached hydrogens (primary N) is 1. The second-order valence-electron chi connectivity index (χ2n) is 4.12. The zero-order valence-corrected chi connectivity index (χ0v) is 12.4. The lowest BCUT2D eigenvalue weighted by Gasteiger charge is -2.25. The Bertz CT molecular complexity index is 446. The molecule has 0 bridgehead atoms. The largest absolute Gasteiger partial charge is 0.409 e. The van der Waals surface area contributed by atoms with E-state index in [2.05, 4.69) is 10.1 Å². The second kappa shape index (κ2) is 8.63. The molecule has 0 aliphatic carbocycles. The predicted octanol–water partition coefficient (Wildman–Crippen LogP) is 1.53. The monoisotopic (exact) mass is 301 g/mol. The summed E-state index contributed by atoms with van der Waals surface area (Å²) in [5.41, 5.74) is 6.96. The number of methoxy groups -OCH3 is 2. The van der Waals surface area contributed by atoms with Gasteiger partial charge in [-0.25, -0.2) is 0 Å². The summed E-state index contributed by atoms with van der Waals surface area (Å²) in [6.07, 6.45) is 0. The zero-order valence-electron chi connectivity index (χ0n) is 11.7. The van der Waals surface area contributed by atoms with Crippen molar-refractivity contribution in [1.29, 1.82) is 0 Å². The van der Waals surface area contributed by atoms with Gasteiger partial charge in [-0.1, -0.05) is 16.8 Å². The number of hydrogen-bond donors (Lipinski definition) is 2. The Morgan fingerprint density at radius 3 is 2.35 bits per heavy atom. The molecular formula is C13H20ClN3O3. The molecule has 3 N–H and O–H groups in total. The van der Waals surface area contributed by atoms with Crippen LogP contribution in [-0.2, 0) is 9.47 Å². The van der Waals surface area contributed by atoms with Crippen LogP contribution in [0.3, 0.4) is 0 Å². The lowest BCUT2D eigenvalue weighted by molar-refractivity contribution is 0.190. The van der Waals surface area contributed by atoms with E-state index in [0.29, 0.717) is 36.9 Å². The van der Waals surface area contributed by atoms with Gasteiger partial charge in [-0.3, -0.25) is 0 Å². The Kier molecular flexibility index (Phi) is 7.14. The van der Waals surface area contributed by atoms with E-state index < -0.39 is 0 Å². The molecule has 0 spiro atoms. The smallest absolute Gasteiger partial charge is 0.170 e. The van der Waals surface area contributed by atoms with Crippen LogP contribution in [0.4, 0.5) is 5.69 Å². The van der Waals surface area contributed by atoms with Gasteiger partial charge in [-0.2, -0.15) is 0 Å². The van der Waals surface area contributed by atoms with Gasteiger partial charge in [0.2, 0.25) is 0 Å². The number of amidine groups is 1. The highest BCUT2D eigenvalue weighted by Crippen LogP contribution is 2.26. The summed E-state index contributed by atoms with van der Waals surface area (Å²) in [4.78, 5) is 2.06. The fraction of sp³-hybridized carbons (Fsp3) is 0.462. The molecule has 0 aliphatic heterocycles. The molecule has 112 valence electrons. The third-order valence-corrected chi connectivity index (χ3v) is 3.13. The number of rotatable bonds is 8. The summed E-state index contributed by atoms with van der Waals surface area (Å²) in [5, 5.41) is 12.2. The van der Waals surface area contributed by atoms with Crippen LogP contribution < -0.4 is 10.6 Å². The summed E-state index contributed by atoms with van der Waals surface area (Å²) >= 11 is 6.27. The Hall–Kier alpha value is -1.50. The first-order valence-electron chi connectivity index (χ1n) is 6.14. The molecule has 0 heterocycles. The number of ether oxygens (including phenoxy) is 2. The predicted molar refractivity (Wildman–Crippen MR) is 79.9 cm³/mol. The van der Waals surface area contributed by atoms with E-state index in [1.54, 1.807) is 26.4 Å². The van der Waals surface area contributed by atoms with Gasteiger partial charge in [0.1, 0.15) is 0 Å². The van der Waals surface area contributed by atoms with E-state index in [-0.39, 0.29) is 5.84 Å². The van der Waals surface area contributed by atoms with Crippen molar-refractivity contribution in [3.8, 4) is 0 Å². The highest BCUT2D eigenvalue weighted by molar-refractivity contribution is 6.33. The molecule has 7 heteroatoms. The Morgan fingerprint density at radius 2 is 1.90 bits per heavy atom. The molecule has 0 fully saturated rings. The van der Waals surface area contributed by atoms with Gasteiger partial charge in [0.25, 0.3) is 0 Å². The lowest BCUT2D eigenvalue weighted by atomic mass is 10.1. The number of hydrogen-bond acceptors (Lipinski definition) is 5. The van der Waals surface area contributed by atoms with Crippen molar-refractivity contribution in [3.63, 3.8) is 0 Å². The van der Waals surface area contributed by atoms with Crippen LogP contribution in [0, 0.1) is 0 Å². The Balaban J connectivity index is 2.95. The maximum Gasteiger partial charge on any atom is 0.170 e. The maximum atomic E-state index is 8.67. The molecule has 20 heavy (non-hydrogen) atoms. The van der Waals surface area contributed by atoms with Crippen molar-refractivity contribution in [1.82, 2.24) is 0 Å². The first-order valence-corrected chi connectivity index (χ1v) is 6.52. The van der Waals surface area contributed by atoms with Gasteiger partial charge >= 0.3 is 0 Å². The van der Waals surface area contributed by atoms with Crippen LogP contribution >= 0.6 is 11.6 Å². The van der Waals surface area contributed by atoms with Gasteiger partial charge < -0.3 is 25.3 Å². The molecule has 0 aromatic heterocycles. The molecule has 1 aromatic rings. The summed E-state index contributed by atoms with van der Waals surface area (Å²) in [7, 11) is 3.30. The van der Waals surface area contributed by atoms with Crippen molar-refractivity contribution in [3.05, 3.63) is 28.8 Å². The minimum absolute atomic E-state index is 0.0267. The van der Waals surface area contributed by atoms with Crippen LogP contribution in [0.1, 0.15) is 5.56 Å². The summed E-state index contributed by atoms with van der Waals surface area (Å²) in [6, 6.07) is 5.25. The first kappa shape index (κ1) is 16.6. The second-order valence-corrected chi connectivity index (χ2v) is 4.53. The molecule has 0 amide bonds. The van der Waals surface area contributed by atoms with E-state index in [1.165, 1.54) is 0 Å². The average Bonchev–Trinajstić information content (AvgIpc) is 2.47. The average molecular weight is 302 g/mol. The van der Waals surface area contributed by atoms with Crippen LogP contribution in [0.15, 0.2) is 23.4 Å². The molecule has 0 atom stereocenters. The maximum absolute atomic E-state index is 8.67. The van der Waals surface area contributed by atoms with Crippen molar-refractivity contribution in [2.24, 2.45) is 10.9 Å². The SMILES string of the molecule is COCCN(CCOC)c1ccc(C(N)=NO)cc1Cl. The summed E-state index contributed by atoms with van der Waals surface area (Å²) in [5.74, 6) is 0.0267. The molecule has 6 nitrogen and oxygen atoms in total. The van der Waals surface area contributed by atoms with E-state index in [1.807, 2.05) is 6.07 Å². The first-order chi connectivity index (χ1) is 9.63. The van der Waals surface area contributed by atoms with Crippen molar-refractivity contribution in [2.75, 3.05) is 45.4 Å². The molecule has 0 radical (unpaired) electrons. The molecule has 1 rings (SSSR count). The fourth-order valence-corrected chi connectivity index (χ4v) is 2.04. The third kappa shape index (κ3) is 4.56. The number of benzene rings is 1. The molecule has 0 unspecified atom stereocenters. The molecular weight excluding hydrogens is 282 g/mol. The van der Waals surface area contributed by atoms with Gasteiger partial charge in [0, 0.05) is 32.9 Å². The zero-order chi connectivity index (χ0) is 15.0. The van der Waals surface area contributed by atoms with E-state index in [0.717, 1.165) is 5.69 Å². The Morgan fingerprint density at radius 1 is 1.30 bits per heavy atom.